The van der Waals surface area contributed by atoms with Crippen molar-refractivity contribution in [1.82, 2.24) is 14.8 Å². The predicted molar refractivity (Wildman–Crippen MR) is 125 cm³/mol. The molecule has 170 valence electrons. The van der Waals surface area contributed by atoms with Gasteiger partial charge in [-0.2, -0.15) is 0 Å². The third-order valence-electron chi connectivity index (χ3n) is 6.21. The summed E-state index contributed by atoms with van der Waals surface area (Å²) in [6.45, 7) is 7.28. The van der Waals surface area contributed by atoms with Crippen LogP contribution in [0.3, 0.4) is 0 Å². The van der Waals surface area contributed by atoms with E-state index in [1.165, 1.54) is 18.2 Å². The van der Waals surface area contributed by atoms with Gasteiger partial charge >= 0.3 is 5.97 Å². The first-order valence-electron chi connectivity index (χ1n) is 11.3. The summed E-state index contributed by atoms with van der Waals surface area (Å²) in [5.74, 6) is 2.87. The largest absolute Gasteiger partial charge is 0.461 e. The normalized spacial score (nSPS) is 21.1. The average molecular weight is 454 g/mol. The number of furan rings is 1. The van der Waals surface area contributed by atoms with Gasteiger partial charge < -0.3 is 9.15 Å². The van der Waals surface area contributed by atoms with E-state index < -0.39 is 0 Å². The molecule has 1 aliphatic rings. The molecule has 1 aliphatic carbocycles. The topological polar surface area (TPSA) is 70.2 Å². The molecule has 4 rings (SSSR count). The first-order valence-corrected chi connectivity index (χ1v) is 12.3. The summed E-state index contributed by atoms with van der Waals surface area (Å²) in [5.41, 5.74) is 1.13. The van der Waals surface area contributed by atoms with Crippen LogP contribution >= 0.6 is 11.8 Å². The molecular weight excluding hydrogens is 422 g/mol. The van der Waals surface area contributed by atoms with E-state index in [2.05, 4.69) is 43.1 Å². The molecule has 32 heavy (non-hydrogen) atoms. The molecule has 0 radical (unpaired) electrons. The Morgan fingerprint density at radius 3 is 2.72 bits per heavy atom. The van der Waals surface area contributed by atoms with E-state index in [4.69, 9.17) is 9.15 Å². The Balaban J connectivity index is 1.46. The van der Waals surface area contributed by atoms with Crippen molar-refractivity contribution >= 4 is 17.7 Å². The molecule has 0 saturated heterocycles. The van der Waals surface area contributed by atoms with E-state index >= 15 is 0 Å². The highest BCUT2D eigenvalue weighted by molar-refractivity contribution is 7.99. The molecule has 1 aromatic carbocycles. The first-order chi connectivity index (χ1) is 15.5. The second kappa shape index (κ2) is 10.4. The molecule has 0 spiro atoms. The summed E-state index contributed by atoms with van der Waals surface area (Å²) in [6, 6.07) is 13.8. The highest BCUT2D eigenvalue weighted by atomic mass is 32.2. The van der Waals surface area contributed by atoms with E-state index in [1.807, 2.05) is 34.9 Å². The SMILES string of the molecule is CC(C)[C@@H]1CC[C@H](C)C[C@@H]1OC(=O)CSc1nnc(-c2ccco2)n1Cc1ccccc1. The van der Waals surface area contributed by atoms with Gasteiger partial charge in [-0.1, -0.05) is 69.3 Å². The van der Waals surface area contributed by atoms with E-state index in [0.29, 0.717) is 41.0 Å². The zero-order valence-corrected chi connectivity index (χ0v) is 19.8. The Labute approximate surface area is 193 Å². The minimum atomic E-state index is -0.187. The summed E-state index contributed by atoms with van der Waals surface area (Å²) < 4.78 is 13.5. The number of aromatic nitrogens is 3. The number of ether oxygens (including phenoxy) is 1. The van der Waals surface area contributed by atoms with Crippen molar-refractivity contribution in [3.8, 4) is 11.6 Å². The number of carbonyl (C=O) groups excluding carboxylic acids is 1. The standard InChI is InChI=1S/C25H31N3O3S/c1-17(2)20-12-11-18(3)14-22(20)31-23(29)16-32-25-27-26-24(21-10-7-13-30-21)28(25)15-19-8-5-4-6-9-19/h4-10,13,17-18,20,22H,11-12,14-16H2,1-3H3/t18-,20-,22-/m0/s1. The van der Waals surface area contributed by atoms with Gasteiger partial charge in [0.05, 0.1) is 18.6 Å². The van der Waals surface area contributed by atoms with Crippen molar-refractivity contribution in [1.29, 1.82) is 0 Å². The van der Waals surface area contributed by atoms with Crippen molar-refractivity contribution in [3.05, 3.63) is 54.3 Å². The number of carbonyl (C=O) groups is 1. The van der Waals surface area contributed by atoms with Crippen LogP contribution in [-0.2, 0) is 16.1 Å². The molecule has 0 aliphatic heterocycles. The summed E-state index contributed by atoms with van der Waals surface area (Å²) in [7, 11) is 0. The third kappa shape index (κ3) is 5.44. The lowest BCUT2D eigenvalue weighted by Crippen LogP contribution is -2.36. The number of hydrogen-bond acceptors (Lipinski definition) is 6. The Kier molecular flexibility index (Phi) is 7.35. The quantitative estimate of drug-likeness (QED) is 0.323. The highest BCUT2D eigenvalue weighted by Gasteiger charge is 2.33. The number of esters is 1. The molecule has 3 atom stereocenters. The maximum atomic E-state index is 12.7. The van der Waals surface area contributed by atoms with Crippen LogP contribution in [0.25, 0.3) is 11.6 Å². The fourth-order valence-electron chi connectivity index (χ4n) is 4.47. The predicted octanol–water partition coefficient (Wildman–Crippen LogP) is 5.68. The lowest BCUT2D eigenvalue weighted by Gasteiger charge is -2.36. The number of hydrogen-bond donors (Lipinski definition) is 0. The van der Waals surface area contributed by atoms with Crippen LogP contribution in [-0.4, -0.2) is 32.6 Å². The smallest absolute Gasteiger partial charge is 0.316 e. The van der Waals surface area contributed by atoms with Crippen molar-refractivity contribution in [2.75, 3.05) is 5.75 Å². The van der Waals surface area contributed by atoms with E-state index in [0.717, 1.165) is 18.4 Å². The van der Waals surface area contributed by atoms with Gasteiger partial charge in [0, 0.05) is 0 Å². The van der Waals surface area contributed by atoms with Crippen molar-refractivity contribution in [3.63, 3.8) is 0 Å². The number of rotatable bonds is 8. The average Bonchev–Trinajstić information content (AvgIpc) is 3.43. The minimum absolute atomic E-state index is 0.00715. The molecule has 0 N–H and O–H groups in total. The maximum Gasteiger partial charge on any atom is 0.316 e. The van der Waals surface area contributed by atoms with Crippen LogP contribution in [0.4, 0.5) is 0 Å². The molecule has 0 bridgehead atoms. The van der Waals surface area contributed by atoms with Crippen LogP contribution in [0.15, 0.2) is 58.3 Å². The molecule has 0 amide bonds. The first kappa shape index (κ1) is 22.6. The summed E-state index contributed by atoms with van der Waals surface area (Å²) in [6.07, 6.45) is 4.92. The van der Waals surface area contributed by atoms with Gasteiger partial charge in [0.25, 0.3) is 0 Å². The summed E-state index contributed by atoms with van der Waals surface area (Å²) in [4.78, 5) is 12.7. The van der Waals surface area contributed by atoms with Crippen molar-refractivity contribution in [2.24, 2.45) is 17.8 Å². The van der Waals surface area contributed by atoms with Crippen LogP contribution in [0.5, 0.6) is 0 Å². The van der Waals surface area contributed by atoms with Gasteiger partial charge in [0.15, 0.2) is 10.9 Å². The van der Waals surface area contributed by atoms with Gasteiger partial charge in [0.2, 0.25) is 5.82 Å². The second-order valence-corrected chi connectivity index (χ2v) is 9.94. The fraction of sp³-hybridized carbons (Fsp3) is 0.480. The molecule has 6 nitrogen and oxygen atoms in total. The summed E-state index contributed by atoms with van der Waals surface area (Å²) in [5, 5.41) is 9.37. The number of benzene rings is 1. The molecule has 1 saturated carbocycles. The monoisotopic (exact) mass is 453 g/mol. The molecule has 2 heterocycles. The number of thioether (sulfide) groups is 1. The highest BCUT2D eigenvalue weighted by Crippen LogP contribution is 2.35. The summed E-state index contributed by atoms with van der Waals surface area (Å²) >= 11 is 1.36. The minimum Gasteiger partial charge on any atom is -0.461 e. The Hall–Kier alpha value is -2.54. The van der Waals surface area contributed by atoms with Crippen molar-refractivity contribution in [2.45, 2.75) is 57.8 Å². The molecule has 1 fully saturated rings. The van der Waals surface area contributed by atoms with Gasteiger partial charge in [-0.25, -0.2) is 0 Å². The Morgan fingerprint density at radius 2 is 2.00 bits per heavy atom. The Morgan fingerprint density at radius 1 is 1.19 bits per heavy atom. The van der Waals surface area contributed by atoms with E-state index in [1.54, 1.807) is 6.26 Å². The van der Waals surface area contributed by atoms with Crippen LogP contribution in [0.1, 0.15) is 45.6 Å². The lowest BCUT2D eigenvalue weighted by molar-refractivity contribution is -0.152. The van der Waals surface area contributed by atoms with Gasteiger partial charge in [-0.05, 0) is 48.3 Å². The van der Waals surface area contributed by atoms with Gasteiger partial charge in [-0.15, -0.1) is 10.2 Å². The molecule has 0 unspecified atom stereocenters. The van der Waals surface area contributed by atoms with Gasteiger partial charge in [0.1, 0.15) is 6.10 Å². The molecule has 3 aromatic rings. The fourth-order valence-corrected chi connectivity index (χ4v) is 5.19. The van der Waals surface area contributed by atoms with Crippen LogP contribution in [0, 0.1) is 17.8 Å². The van der Waals surface area contributed by atoms with Gasteiger partial charge in [-0.3, -0.25) is 9.36 Å². The van der Waals surface area contributed by atoms with Crippen LogP contribution in [0.2, 0.25) is 0 Å². The van der Waals surface area contributed by atoms with Crippen molar-refractivity contribution < 1.29 is 13.9 Å². The van der Waals surface area contributed by atoms with E-state index in [-0.39, 0.29) is 17.8 Å². The zero-order chi connectivity index (χ0) is 22.5. The van der Waals surface area contributed by atoms with Crippen LogP contribution < -0.4 is 0 Å². The zero-order valence-electron chi connectivity index (χ0n) is 18.9. The third-order valence-corrected chi connectivity index (χ3v) is 7.15. The van der Waals surface area contributed by atoms with E-state index in [9.17, 15) is 4.79 Å². The lowest BCUT2D eigenvalue weighted by atomic mass is 9.75. The Bertz CT molecular complexity index is 1000. The number of nitrogens with zero attached hydrogens (tertiary/aromatic N) is 3. The molecule has 2 aromatic heterocycles. The molecular formula is C25H31N3O3S. The maximum absolute atomic E-state index is 12.7. The second-order valence-electron chi connectivity index (χ2n) is 9.00. The molecule has 7 heteroatoms.